The van der Waals surface area contributed by atoms with Crippen molar-refractivity contribution in [3.63, 3.8) is 0 Å². The fourth-order valence-corrected chi connectivity index (χ4v) is 5.38. The zero-order valence-electron chi connectivity index (χ0n) is 35.6. The smallest absolute Gasteiger partial charge is 0.306 e. The van der Waals surface area contributed by atoms with E-state index in [9.17, 15) is 14.4 Å². The number of carbonyl (C=O) groups excluding carboxylic acids is 3. The first kappa shape index (κ1) is 52.1. The van der Waals surface area contributed by atoms with Gasteiger partial charge in [-0.1, -0.05) is 162 Å². The van der Waals surface area contributed by atoms with Gasteiger partial charge in [-0.25, -0.2) is 0 Å². The van der Waals surface area contributed by atoms with Crippen molar-refractivity contribution in [3.8, 4) is 0 Å². The van der Waals surface area contributed by atoms with Crippen LogP contribution in [0.4, 0.5) is 0 Å². The molecule has 1 atom stereocenters. The van der Waals surface area contributed by atoms with Gasteiger partial charge in [0.25, 0.3) is 0 Å². The SMILES string of the molecule is CC\C=C/C=C\C=C/C=C\CCCCCC(=O)OC(COC(=O)CCCC/C=C\C/C=C\CC)COC(=O)CCCCCCCC/C=C\C/C=C\C/C=C\CC. The molecule has 0 saturated heterocycles. The van der Waals surface area contributed by atoms with E-state index in [1.807, 2.05) is 36.5 Å². The monoisotopic (exact) mass is 775 g/mol. The lowest BCUT2D eigenvalue weighted by Crippen LogP contribution is -2.30. The molecule has 0 bridgehead atoms. The molecule has 0 spiro atoms. The van der Waals surface area contributed by atoms with Crippen molar-refractivity contribution in [2.45, 2.75) is 175 Å². The van der Waals surface area contributed by atoms with Crippen molar-refractivity contribution >= 4 is 17.9 Å². The maximum Gasteiger partial charge on any atom is 0.306 e. The van der Waals surface area contributed by atoms with Crippen LogP contribution in [0.5, 0.6) is 0 Å². The van der Waals surface area contributed by atoms with E-state index in [2.05, 4.69) is 93.7 Å². The van der Waals surface area contributed by atoms with Crippen LogP contribution in [0, 0.1) is 0 Å². The van der Waals surface area contributed by atoms with Crippen molar-refractivity contribution in [1.29, 1.82) is 0 Å². The molecule has 0 rings (SSSR count). The van der Waals surface area contributed by atoms with Gasteiger partial charge in [-0.15, -0.1) is 0 Å². The van der Waals surface area contributed by atoms with Gasteiger partial charge in [0, 0.05) is 19.3 Å². The van der Waals surface area contributed by atoms with Crippen LogP contribution in [0.25, 0.3) is 0 Å². The first-order valence-electron chi connectivity index (χ1n) is 21.9. The fraction of sp³-hybridized carbons (Fsp3) is 0.580. The van der Waals surface area contributed by atoms with E-state index in [-0.39, 0.29) is 37.5 Å². The Labute approximate surface area is 342 Å². The van der Waals surface area contributed by atoms with Gasteiger partial charge in [0.05, 0.1) is 0 Å². The van der Waals surface area contributed by atoms with Gasteiger partial charge in [0.2, 0.25) is 0 Å². The minimum Gasteiger partial charge on any atom is -0.462 e. The highest BCUT2D eigenvalue weighted by Gasteiger charge is 2.19. The summed E-state index contributed by atoms with van der Waals surface area (Å²) in [4.78, 5) is 37.6. The molecule has 0 fully saturated rings. The second-order valence-corrected chi connectivity index (χ2v) is 13.9. The molecule has 0 aromatic rings. The standard InChI is InChI=1S/C50H78O6/c1-4-7-10-13-16-19-21-23-24-25-27-28-31-34-37-40-43-49(52)55-46-47(45-54-48(51)42-39-36-33-30-18-15-12-9-6-3)56-50(53)44-41-38-35-32-29-26-22-20-17-14-11-8-5-2/h7-12,14,16-20,22-24,26,29-30,47H,4-6,13,15,21,25,27-28,31-46H2,1-3H3/b10-7-,11-8-,12-9-,17-14-,19-16-,22-20-,24-23-,29-26-,30-18-. The third-order valence-corrected chi connectivity index (χ3v) is 8.60. The van der Waals surface area contributed by atoms with Crippen molar-refractivity contribution in [1.82, 2.24) is 0 Å². The second kappa shape index (κ2) is 43.8. The van der Waals surface area contributed by atoms with Crippen molar-refractivity contribution in [2.75, 3.05) is 13.2 Å². The number of allylic oxidation sites excluding steroid dienone is 18. The summed E-state index contributed by atoms with van der Waals surface area (Å²) in [5.41, 5.74) is 0. The molecule has 0 aromatic carbocycles. The Balaban J connectivity index is 4.49. The van der Waals surface area contributed by atoms with E-state index in [0.717, 1.165) is 109 Å². The average molecular weight is 775 g/mol. The molecule has 314 valence electrons. The molecule has 0 aliphatic heterocycles. The minimum atomic E-state index is -0.816. The molecule has 0 aliphatic rings. The third-order valence-electron chi connectivity index (χ3n) is 8.60. The molecule has 56 heavy (non-hydrogen) atoms. The summed E-state index contributed by atoms with van der Waals surface area (Å²) in [6, 6.07) is 0. The summed E-state index contributed by atoms with van der Waals surface area (Å²) in [5.74, 6) is -1.02. The van der Waals surface area contributed by atoms with Crippen molar-refractivity contribution in [2.24, 2.45) is 0 Å². The molecule has 0 saturated carbocycles. The summed E-state index contributed by atoms with van der Waals surface area (Å²) in [7, 11) is 0. The molecule has 0 N–H and O–H groups in total. The Morgan fingerprint density at radius 2 is 0.732 bits per heavy atom. The number of ether oxygens (including phenoxy) is 3. The summed E-state index contributed by atoms with van der Waals surface area (Å²) in [6.07, 6.45) is 58.0. The lowest BCUT2D eigenvalue weighted by molar-refractivity contribution is -0.167. The van der Waals surface area contributed by atoms with Gasteiger partial charge >= 0.3 is 17.9 Å². The Morgan fingerprint density at radius 3 is 1.27 bits per heavy atom. The lowest BCUT2D eigenvalue weighted by atomic mass is 10.1. The second-order valence-electron chi connectivity index (χ2n) is 13.9. The maximum absolute atomic E-state index is 12.7. The Bertz CT molecular complexity index is 1210. The predicted octanol–water partition coefficient (Wildman–Crippen LogP) is 14.0. The van der Waals surface area contributed by atoms with E-state index in [1.165, 1.54) is 12.8 Å². The van der Waals surface area contributed by atoms with Crippen LogP contribution in [0.2, 0.25) is 0 Å². The lowest BCUT2D eigenvalue weighted by Gasteiger charge is -2.18. The minimum absolute atomic E-state index is 0.114. The molecule has 6 nitrogen and oxygen atoms in total. The van der Waals surface area contributed by atoms with E-state index in [1.54, 1.807) is 0 Å². The molecule has 6 heteroatoms. The third kappa shape index (κ3) is 41.2. The number of carbonyl (C=O) groups is 3. The van der Waals surface area contributed by atoms with Gasteiger partial charge in [0.15, 0.2) is 6.10 Å². The Morgan fingerprint density at radius 1 is 0.375 bits per heavy atom. The number of esters is 3. The number of hydrogen-bond donors (Lipinski definition) is 0. The molecule has 1 unspecified atom stereocenters. The molecule has 0 heterocycles. The van der Waals surface area contributed by atoms with Gasteiger partial charge in [-0.2, -0.15) is 0 Å². The number of rotatable bonds is 37. The van der Waals surface area contributed by atoms with Gasteiger partial charge in [-0.3, -0.25) is 14.4 Å². The van der Waals surface area contributed by atoms with Crippen LogP contribution >= 0.6 is 0 Å². The quantitative estimate of drug-likeness (QED) is 0.0206. The summed E-state index contributed by atoms with van der Waals surface area (Å²) in [6.45, 7) is 6.14. The van der Waals surface area contributed by atoms with Gasteiger partial charge in [0.1, 0.15) is 13.2 Å². The molecule has 0 aromatic heterocycles. The average Bonchev–Trinajstić information content (AvgIpc) is 3.19. The van der Waals surface area contributed by atoms with E-state index in [4.69, 9.17) is 14.2 Å². The molecule has 0 radical (unpaired) electrons. The molecular weight excluding hydrogens is 697 g/mol. The number of hydrogen-bond acceptors (Lipinski definition) is 6. The van der Waals surface area contributed by atoms with Gasteiger partial charge in [-0.05, 0) is 96.3 Å². The normalized spacial score (nSPS) is 13.1. The van der Waals surface area contributed by atoms with E-state index in [0.29, 0.717) is 19.3 Å². The zero-order valence-corrected chi connectivity index (χ0v) is 35.6. The number of unbranched alkanes of at least 4 members (excludes halogenated alkanes) is 11. The zero-order chi connectivity index (χ0) is 40.8. The maximum atomic E-state index is 12.7. The Hall–Kier alpha value is -3.93. The van der Waals surface area contributed by atoms with Crippen LogP contribution in [-0.4, -0.2) is 37.2 Å². The van der Waals surface area contributed by atoms with Crippen LogP contribution in [0.1, 0.15) is 168 Å². The topological polar surface area (TPSA) is 78.9 Å². The van der Waals surface area contributed by atoms with Gasteiger partial charge < -0.3 is 14.2 Å². The van der Waals surface area contributed by atoms with Crippen LogP contribution in [0.3, 0.4) is 0 Å². The molecule has 0 aliphatic carbocycles. The van der Waals surface area contributed by atoms with E-state index < -0.39 is 6.10 Å². The Kier molecular flexibility index (Phi) is 40.7. The summed E-state index contributed by atoms with van der Waals surface area (Å²) < 4.78 is 16.6. The van der Waals surface area contributed by atoms with Crippen LogP contribution < -0.4 is 0 Å². The summed E-state index contributed by atoms with van der Waals surface area (Å²) in [5, 5.41) is 0. The largest absolute Gasteiger partial charge is 0.462 e. The van der Waals surface area contributed by atoms with E-state index >= 15 is 0 Å². The molecule has 0 amide bonds. The first-order chi connectivity index (χ1) is 27.5. The van der Waals surface area contributed by atoms with Crippen molar-refractivity contribution in [3.05, 3.63) is 109 Å². The highest BCUT2D eigenvalue weighted by atomic mass is 16.6. The molecular formula is C50H78O6. The predicted molar refractivity (Wildman–Crippen MR) is 237 cm³/mol. The highest BCUT2D eigenvalue weighted by molar-refractivity contribution is 5.71. The highest BCUT2D eigenvalue weighted by Crippen LogP contribution is 2.12. The van der Waals surface area contributed by atoms with Crippen LogP contribution in [-0.2, 0) is 28.6 Å². The fourth-order valence-electron chi connectivity index (χ4n) is 5.38. The summed E-state index contributed by atoms with van der Waals surface area (Å²) >= 11 is 0. The first-order valence-corrected chi connectivity index (χ1v) is 21.9. The van der Waals surface area contributed by atoms with Crippen LogP contribution in [0.15, 0.2) is 109 Å². The van der Waals surface area contributed by atoms with Crippen molar-refractivity contribution < 1.29 is 28.6 Å².